The molecule has 34 heteroatoms. The molecule has 7 N–H and O–H groups in total. The number of aliphatic hydroxyl groups is 1. The van der Waals surface area contributed by atoms with Gasteiger partial charge in [-0.1, -0.05) is 51.9 Å². The van der Waals surface area contributed by atoms with E-state index in [9.17, 15) is 80.7 Å². The predicted molar refractivity (Wildman–Crippen MR) is 257 cm³/mol. The zero-order chi connectivity index (χ0) is 53.6. The summed E-state index contributed by atoms with van der Waals surface area (Å²) in [7, 11) is -32.0. The van der Waals surface area contributed by atoms with E-state index in [1.165, 1.54) is 138 Å². The van der Waals surface area contributed by atoms with Crippen molar-refractivity contribution in [2.75, 3.05) is 80.4 Å². The number of aliphatic hydroxyl groups excluding tert-OH is 1. The molecule has 71 heavy (non-hydrogen) atoms. The number of hydrogen-bond donors (Lipinski definition) is 7. The molecule has 0 aromatic heterocycles. The van der Waals surface area contributed by atoms with E-state index in [1.807, 2.05) is 0 Å². The minimum absolute atomic E-state index is 0.191. The Hall–Kier alpha value is -1.15. The van der Waals surface area contributed by atoms with E-state index in [0.717, 1.165) is 43.5 Å². The molecule has 6 atom stereocenters. The first-order chi connectivity index (χ1) is 32.0. The molecule has 6 heterocycles. The molecule has 428 valence electrons. The first-order valence-corrected chi connectivity index (χ1v) is 33.0. The molecule has 6 aliphatic rings. The van der Waals surface area contributed by atoms with Crippen LogP contribution in [0.5, 0.6) is 0 Å². The van der Waals surface area contributed by atoms with Gasteiger partial charge < -0.3 is 5.11 Å². The summed E-state index contributed by atoms with van der Waals surface area (Å²) in [5, 5.41) is 32.4. The summed E-state index contributed by atoms with van der Waals surface area (Å²) in [5.41, 5.74) is 0. The number of unbranched alkanes of at least 4 members (excludes halogenated alkanes) is 7. The molecule has 0 fully saturated rings. The van der Waals surface area contributed by atoms with Crippen LogP contribution < -0.4 is 31.9 Å². The predicted octanol–water partition coefficient (Wildman–Crippen LogP) is 12.7. The van der Waals surface area contributed by atoms with Crippen LogP contribution in [0.4, 0.5) is 75.5 Å². The number of guanidine groups is 3. The van der Waals surface area contributed by atoms with Gasteiger partial charge in [0.05, 0.1) is 76.1 Å². The van der Waals surface area contributed by atoms with E-state index >= 15 is 0 Å². The number of nitrogens with zero attached hydrogens (tertiary/aromatic N) is 3. The van der Waals surface area contributed by atoms with Gasteiger partial charge in [-0.05, 0) is 12.2 Å². The third-order valence-corrected chi connectivity index (χ3v) is 15.2. The summed E-state index contributed by atoms with van der Waals surface area (Å²) in [6.07, 6.45) is 18.5. The van der Waals surface area contributed by atoms with Crippen molar-refractivity contribution in [1.29, 1.82) is 0 Å². The van der Waals surface area contributed by atoms with Gasteiger partial charge in [-0.15, -0.1) is 0 Å². The van der Waals surface area contributed by atoms with Crippen LogP contribution in [-0.2, 0) is 0 Å². The average molecular weight is 1190 g/mol. The number of hydrogen-bond acceptors (Lipinski definition) is 10. The molecule has 0 saturated heterocycles. The zero-order valence-corrected chi connectivity index (χ0v) is 44.3. The van der Waals surface area contributed by atoms with Crippen molar-refractivity contribution < 1.29 is 94.4 Å². The van der Waals surface area contributed by atoms with Gasteiger partial charge in [0.25, 0.3) is 0 Å². The summed E-state index contributed by atoms with van der Waals surface area (Å²) >= 11 is 6.38. The summed E-state index contributed by atoms with van der Waals surface area (Å²) in [6.45, 7) is 9.38. The van der Waals surface area contributed by atoms with E-state index in [1.54, 1.807) is 0 Å². The Morgan fingerprint density at radius 1 is 0.380 bits per heavy atom. The Labute approximate surface area is 415 Å². The van der Waals surface area contributed by atoms with E-state index in [2.05, 4.69) is 87.8 Å². The fraction of sp³-hybridized carbons (Fsp3) is 0.919. The van der Waals surface area contributed by atoms with Crippen molar-refractivity contribution in [3.63, 3.8) is 0 Å². The van der Waals surface area contributed by atoms with Crippen molar-refractivity contribution in [3.05, 3.63) is 0 Å². The van der Waals surface area contributed by atoms with E-state index in [0.29, 0.717) is 30.2 Å². The van der Waals surface area contributed by atoms with Crippen LogP contribution in [-0.4, -0.2) is 153 Å². The molecule has 6 aliphatic heterocycles. The third-order valence-electron chi connectivity index (χ3n) is 11.4. The van der Waals surface area contributed by atoms with Crippen LogP contribution in [0.1, 0.15) is 96.8 Å². The fourth-order valence-corrected chi connectivity index (χ4v) is 11.7. The Morgan fingerprint density at radius 3 is 0.873 bits per heavy atom. The van der Waals surface area contributed by atoms with Crippen LogP contribution in [0.25, 0.3) is 0 Å². The molecule has 10 nitrogen and oxygen atoms in total. The topological polar surface area (TPSA) is 101 Å². The molecule has 0 aliphatic carbocycles. The van der Waals surface area contributed by atoms with Crippen LogP contribution >= 0.6 is 58.7 Å². The molecule has 0 unspecified atom stereocenters. The molecule has 0 spiro atoms. The van der Waals surface area contributed by atoms with Crippen molar-refractivity contribution in [2.45, 2.75) is 133 Å². The first-order valence-electron chi connectivity index (χ1n) is 23.5. The standard InChI is InChI=1S/C37H67N9OS3.3F6P/c1-2-3-4-5-6-7-8-9-22-48-24-30-11-17-45-19-13-32(41-36(45)39-30)26-50-28-34-15-21-46-20-14-33(42-37(46)43-34)27-49-25-31-12-18-44-16-10-29(23-47)38-35(44)40-31;3*1-7(2,3,4,5)6/h29-34,47H,2-28H2,1H3,(H3,38,39,40,41,42,43);;;/q;3*-1/p+3/t29-,30-,31-,32-,33-,34-;;;/m1.../s1. The third kappa shape index (κ3) is 37.3. The van der Waals surface area contributed by atoms with Crippen LogP contribution in [0.15, 0.2) is 0 Å². The van der Waals surface area contributed by atoms with Crippen molar-refractivity contribution in [1.82, 2.24) is 31.9 Å². The monoisotopic (exact) mass is 1190 g/mol. The van der Waals surface area contributed by atoms with E-state index < -0.39 is 23.4 Å². The SMILES string of the molecule is CCCCCCCCCCSC[C@H]1CC[N+]2=C(N1)N[C@@H](CSC[C@H]1CC[N+]3=C(N1)N[C@@H](CSC[C@H]1CC[N+]4=C(N1)N[C@@H](CO)CC4)CC3)CC2.F[P-](F)(F)(F)(F)F.F[P-](F)(F)(F)(F)F.F[P-](F)(F)(F)(F)F. The number of thioether (sulfide) groups is 3. The molecule has 0 bridgehead atoms. The first kappa shape index (κ1) is 64.1. The molecule has 0 radical (unpaired) electrons. The Kier molecular flexibility index (Phi) is 21.3. The Morgan fingerprint density at radius 2 is 0.606 bits per heavy atom. The number of rotatable bonds is 20. The van der Waals surface area contributed by atoms with Crippen molar-refractivity contribution in [3.8, 4) is 0 Å². The van der Waals surface area contributed by atoms with Crippen molar-refractivity contribution in [2.24, 2.45) is 0 Å². The molecular formula is C37H70F18N9OP3S3. The van der Waals surface area contributed by atoms with Gasteiger partial charge in [-0.2, -0.15) is 35.3 Å². The molecule has 6 rings (SSSR count). The van der Waals surface area contributed by atoms with Crippen molar-refractivity contribution >= 4 is 76.6 Å². The van der Waals surface area contributed by atoms with Gasteiger partial charge in [0, 0.05) is 67.3 Å². The minimum atomic E-state index is -10.7. The second kappa shape index (κ2) is 23.6. The summed E-state index contributed by atoms with van der Waals surface area (Å²) in [5.74, 6) is 10.9. The van der Waals surface area contributed by atoms with Crippen LogP contribution in [0, 0.1) is 0 Å². The Balaban J connectivity index is 0.000000529. The van der Waals surface area contributed by atoms with Crippen LogP contribution in [0.3, 0.4) is 0 Å². The zero-order valence-electron chi connectivity index (χ0n) is 39.2. The molecule has 0 aromatic carbocycles. The number of nitrogens with one attached hydrogen (secondary N) is 6. The summed E-state index contributed by atoms with van der Waals surface area (Å²) in [6, 6.07) is 2.95. The quantitative estimate of drug-likeness (QED) is 0.0276. The van der Waals surface area contributed by atoms with Crippen LogP contribution in [0.2, 0.25) is 0 Å². The maximum atomic E-state index is 9.87. The van der Waals surface area contributed by atoms with Gasteiger partial charge in [-0.25, -0.2) is 0 Å². The maximum absolute atomic E-state index is 10.7. The molecule has 0 amide bonds. The van der Waals surface area contributed by atoms with E-state index in [4.69, 9.17) is 0 Å². The molecule has 0 saturated carbocycles. The Bertz CT molecular complexity index is 1720. The average Bonchev–Trinajstić information content (AvgIpc) is 3.20. The second-order valence-electron chi connectivity index (χ2n) is 18.5. The van der Waals surface area contributed by atoms with E-state index in [-0.39, 0.29) is 12.6 Å². The summed E-state index contributed by atoms with van der Waals surface area (Å²) < 4.78 is 185. The summed E-state index contributed by atoms with van der Waals surface area (Å²) in [4.78, 5) is 0. The molecular weight excluding hydrogens is 1120 g/mol. The number of halogens is 18. The second-order valence-corrected chi connectivity index (χ2v) is 27.5. The van der Waals surface area contributed by atoms with Gasteiger partial charge >= 0.3 is 117 Å². The van der Waals surface area contributed by atoms with Gasteiger partial charge in [-0.3, -0.25) is 45.6 Å². The van der Waals surface area contributed by atoms with Gasteiger partial charge in [0.1, 0.15) is 6.04 Å². The molecule has 0 aromatic rings. The van der Waals surface area contributed by atoms with Gasteiger partial charge in [0.15, 0.2) is 0 Å². The fourth-order valence-electron chi connectivity index (χ4n) is 8.17. The van der Waals surface area contributed by atoms with Gasteiger partial charge in [0.2, 0.25) is 0 Å². The normalized spacial score (nSPS) is 27.5.